The Balaban J connectivity index is 0.00000152. The Morgan fingerprint density at radius 3 is 1.86 bits per heavy atom. The summed E-state index contributed by atoms with van der Waals surface area (Å²) in [6.45, 7) is 3.46. The van der Waals surface area contributed by atoms with Crippen LogP contribution in [0.4, 0.5) is 13.2 Å². The van der Waals surface area contributed by atoms with Gasteiger partial charge in [0.1, 0.15) is 12.1 Å². The van der Waals surface area contributed by atoms with Crippen molar-refractivity contribution in [3.63, 3.8) is 0 Å². The summed E-state index contributed by atoms with van der Waals surface area (Å²) < 4.78 is 31.7. The van der Waals surface area contributed by atoms with E-state index >= 15 is 0 Å². The van der Waals surface area contributed by atoms with Gasteiger partial charge in [-0.25, -0.2) is 9.59 Å². The summed E-state index contributed by atoms with van der Waals surface area (Å²) in [6, 6.07) is 3.49. The molecule has 0 aromatic heterocycles. The van der Waals surface area contributed by atoms with E-state index in [4.69, 9.17) is 26.2 Å². The van der Waals surface area contributed by atoms with Crippen LogP contribution in [0.5, 0.6) is 0 Å². The maximum atomic E-state index is 12.4. The number of amides is 2. The van der Waals surface area contributed by atoms with E-state index in [2.05, 4.69) is 16.0 Å². The second kappa shape index (κ2) is 14.1. The van der Waals surface area contributed by atoms with Crippen LogP contribution < -0.4 is 21.7 Å². The lowest BCUT2D eigenvalue weighted by Gasteiger charge is -2.22. The first-order chi connectivity index (χ1) is 16.4. The minimum absolute atomic E-state index is 0.179. The number of nitrogens with one attached hydrogen (secondary N) is 4. The molecular weight excluding hydrogens is 495 g/mol. The number of hydrogen-bond donors (Lipinski definition) is 8. The number of aliphatic carboxylic acids is 3. The highest BCUT2D eigenvalue weighted by Gasteiger charge is 2.38. The highest BCUT2D eigenvalue weighted by atomic mass is 19.4. The number of benzene rings is 1. The summed E-state index contributed by atoms with van der Waals surface area (Å²) in [4.78, 5) is 56.0. The van der Waals surface area contributed by atoms with Crippen molar-refractivity contribution in [2.75, 3.05) is 0 Å². The van der Waals surface area contributed by atoms with Crippen LogP contribution >= 0.6 is 0 Å². The van der Waals surface area contributed by atoms with Crippen molar-refractivity contribution in [1.82, 2.24) is 16.0 Å². The molecule has 13 nitrogen and oxygen atoms in total. The third-order valence-electron chi connectivity index (χ3n) is 4.17. The normalized spacial score (nSPS) is 12.3. The molecule has 0 radical (unpaired) electrons. The molecule has 0 spiro atoms. The Kier molecular flexibility index (Phi) is 12.4. The molecule has 0 fully saturated rings. The predicted molar refractivity (Wildman–Crippen MR) is 117 cm³/mol. The first-order valence-corrected chi connectivity index (χ1v) is 9.98. The second-order valence-electron chi connectivity index (χ2n) is 7.46. The SMILES string of the molecule is CC(C)[C@H](NC(=O)[C@H](CC(=O)O)NC(=O)c1ccc(CNC(=N)N)cc1)C(=O)O.O=C(O)C(F)(F)F. The maximum Gasteiger partial charge on any atom is 0.490 e. The number of guanidine groups is 1. The van der Waals surface area contributed by atoms with Gasteiger partial charge in [-0.2, -0.15) is 13.2 Å². The third kappa shape index (κ3) is 12.2. The molecule has 0 saturated carbocycles. The fourth-order valence-corrected chi connectivity index (χ4v) is 2.36. The fourth-order valence-electron chi connectivity index (χ4n) is 2.36. The molecule has 16 heteroatoms. The van der Waals surface area contributed by atoms with Gasteiger partial charge in [0.2, 0.25) is 5.91 Å². The molecule has 0 aliphatic rings. The average Bonchev–Trinajstić information content (AvgIpc) is 2.74. The Morgan fingerprint density at radius 2 is 1.50 bits per heavy atom. The quantitative estimate of drug-likeness (QED) is 0.153. The van der Waals surface area contributed by atoms with Crippen LogP contribution in [-0.2, 0) is 25.7 Å². The number of alkyl halides is 3. The van der Waals surface area contributed by atoms with Crippen molar-refractivity contribution in [3.05, 3.63) is 35.4 Å². The van der Waals surface area contributed by atoms with Gasteiger partial charge in [0.25, 0.3) is 5.91 Å². The summed E-state index contributed by atoms with van der Waals surface area (Å²) in [6.07, 6.45) is -5.79. The number of halogens is 3. The van der Waals surface area contributed by atoms with Gasteiger partial charge in [-0.15, -0.1) is 0 Å². The number of carboxylic acids is 3. The number of nitrogens with two attached hydrogens (primary N) is 1. The highest BCUT2D eigenvalue weighted by molar-refractivity contribution is 5.99. The Hall–Kier alpha value is -4.37. The van der Waals surface area contributed by atoms with Gasteiger partial charge in [-0.3, -0.25) is 19.8 Å². The van der Waals surface area contributed by atoms with E-state index in [9.17, 15) is 37.5 Å². The number of hydrogen-bond acceptors (Lipinski definition) is 6. The standard InChI is InChI=1S/C18H25N5O6.C2HF3O2/c1-9(2)14(17(28)29)23-16(27)12(7-13(24)25)22-15(26)11-5-3-10(4-6-11)8-21-18(19)20;3-2(4,5)1(6)7/h3-6,9,12,14H,7-8H2,1-2H3,(H,22,26)(H,23,27)(H,24,25)(H,28,29)(H4,19,20,21);(H,6,7)/t12-,14-;/m0./s1. The summed E-state index contributed by atoms with van der Waals surface area (Å²) >= 11 is 0. The van der Waals surface area contributed by atoms with Crippen LogP contribution in [0, 0.1) is 11.3 Å². The topological polar surface area (TPSA) is 232 Å². The van der Waals surface area contributed by atoms with Crippen LogP contribution in [0.3, 0.4) is 0 Å². The molecule has 1 rings (SSSR count). The van der Waals surface area contributed by atoms with Gasteiger partial charge in [0.15, 0.2) is 5.96 Å². The number of carbonyl (C=O) groups is 5. The molecule has 0 saturated heterocycles. The summed E-state index contributed by atoms with van der Waals surface area (Å²) in [5.41, 5.74) is 6.13. The van der Waals surface area contributed by atoms with E-state index in [1.165, 1.54) is 12.1 Å². The highest BCUT2D eigenvalue weighted by Crippen LogP contribution is 2.13. The zero-order valence-electron chi connectivity index (χ0n) is 19.0. The monoisotopic (exact) mass is 521 g/mol. The number of carboxylic acid groups (broad SMARTS) is 3. The van der Waals surface area contributed by atoms with Crippen LogP contribution in [0.15, 0.2) is 24.3 Å². The molecule has 0 aliphatic carbocycles. The van der Waals surface area contributed by atoms with Crippen LogP contribution in [-0.4, -0.2) is 69.3 Å². The summed E-state index contributed by atoms with van der Waals surface area (Å²) in [7, 11) is 0. The molecule has 0 unspecified atom stereocenters. The third-order valence-corrected chi connectivity index (χ3v) is 4.17. The van der Waals surface area contributed by atoms with Gasteiger partial charge >= 0.3 is 24.1 Å². The van der Waals surface area contributed by atoms with E-state index < -0.39 is 60.3 Å². The molecule has 0 bridgehead atoms. The molecule has 1 aromatic rings. The smallest absolute Gasteiger partial charge is 0.481 e. The van der Waals surface area contributed by atoms with E-state index in [0.717, 1.165) is 5.56 Å². The molecule has 0 aliphatic heterocycles. The largest absolute Gasteiger partial charge is 0.490 e. The van der Waals surface area contributed by atoms with E-state index in [0.29, 0.717) is 0 Å². The van der Waals surface area contributed by atoms with Gasteiger partial charge in [-0.1, -0.05) is 26.0 Å². The Labute approximate surface area is 202 Å². The molecule has 2 atom stereocenters. The van der Waals surface area contributed by atoms with Crippen molar-refractivity contribution in [3.8, 4) is 0 Å². The van der Waals surface area contributed by atoms with Gasteiger partial charge in [-0.05, 0) is 23.6 Å². The lowest BCUT2D eigenvalue weighted by molar-refractivity contribution is -0.192. The van der Waals surface area contributed by atoms with Crippen molar-refractivity contribution in [2.45, 2.75) is 45.1 Å². The number of carbonyl (C=O) groups excluding carboxylic acids is 2. The van der Waals surface area contributed by atoms with Gasteiger partial charge < -0.3 is 37.0 Å². The molecule has 36 heavy (non-hydrogen) atoms. The molecule has 1 aromatic carbocycles. The second-order valence-corrected chi connectivity index (χ2v) is 7.46. The minimum atomic E-state index is -5.08. The van der Waals surface area contributed by atoms with E-state index in [1.54, 1.807) is 26.0 Å². The number of rotatable bonds is 10. The van der Waals surface area contributed by atoms with Crippen molar-refractivity contribution < 1.29 is 52.5 Å². The van der Waals surface area contributed by atoms with Gasteiger partial charge in [0, 0.05) is 12.1 Å². The van der Waals surface area contributed by atoms with Crippen LogP contribution in [0.25, 0.3) is 0 Å². The van der Waals surface area contributed by atoms with Gasteiger partial charge in [0.05, 0.1) is 6.42 Å². The molecule has 2 amide bonds. The summed E-state index contributed by atoms with van der Waals surface area (Å²) in [5.74, 6) is -7.56. The summed E-state index contributed by atoms with van der Waals surface area (Å²) in [5, 5.41) is 39.6. The zero-order chi connectivity index (χ0) is 28.2. The Morgan fingerprint density at radius 1 is 1.00 bits per heavy atom. The maximum absolute atomic E-state index is 12.4. The molecule has 9 N–H and O–H groups in total. The first-order valence-electron chi connectivity index (χ1n) is 9.98. The average molecular weight is 521 g/mol. The Bertz CT molecular complexity index is 967. The molecule has 200 valence electrons. The van der Waals surface area contributed by atoms with E-state index in [-0.39, 0.29) is 18.1 Å². The molecule has 0 heterocycles. The zero-order valence-corrected chi connectivity index (χ0v) is 19.0. The first kappa shape index (κ1) is 31.6. The van der Waals surface area contributed by atoms with Crippen molar-refractivity contribution >= 4 is 35.7 Å². The lowest BCUT2D eigenvalue weighted by Crippen LogP contribution is -2.53. The minimum Gasteiger partial charge on any atom is -0.481 e. The van der Waals surface area contributed by atoms with Crippen LogP contribution in [0.1, 0.15) is 36.2 Å². The lowest BCUT2D eigenvalue weighted by atomic mass is 10.0. The molecular formula is C20H26F3N5O8. The van der Waals surface area contributed by atoms with Crippen molar-refractivity contribution in [1.29, 1.82) is 5.41 Å². The van der Waals surface area contributed by atoms with E-state index in [1.807, 2.05) is 0 Å². The predicted octanol–water partition coefficient (Wildman–Crippen LogP) is 0.101. The fraction of sp³-hybridized carbons (Fsp3) is 0.400. The van der Waals surface area contributed by atoms with Crippen LogP contribution in [0.2, 0.25) is 0 Å². The van der Waals surface area contributed by atoms with Crippen molar-refractivity contribution in [2.24, 2.45) is 11.7 Å².